The Kier molecular flexibility index (Phi) is 11.6. The number of benzene rings is 5. The summed E-state index contributed by atoms with van der Waals surface area (Å²) in [4.78, 5) is 5.09. The minimum absolute atomic E-state index is 0.0472. The van der Waals surface area contributed by atoms with Crippen LogP contribution in [0.5, 0.6) is 5.75 Å². The Bertz CT molecular complexity index is 1950. The number of phenolic OH excluding ortho intramolecular Hbond substituents is 1. The molecule has 2 N–H and O–H groups in total. The number of anilines is 2. The van der Waals surface area contributed by atoms with E-state index >= 15 is 0 Å². The zero-order chi connectivity index (χ0) is 35.2. The van der Waals surface area contributed by atoms with E-state index in [-0.39, 0.29) is 10.8 Å². The average Bonchev–Trinajstić information content (AvgIpc) is 3.07. The van der Waals surface area contributed by atoms with Crippen molar-refractivity contribution in [3.05, 3.63) is 155 Å². The summed E-state index contributed by atoms with van der Waals surface area (Å²) >= 11 is -0.471. The third-order valence-electron chi connectivity index (χ3n) is 8.86. The predicted molar refractivity (Wildman–Crippen MR) is 206 cm³/mol. The maximum absolute atomic E-state index is 11.4. The van der Waals surface area contributed by atoms with Crippen LogP contribution in [-0.4, -0.2) is 10.1 Å². The first-order chi connectivity index (χ1) is 23.3. The molecule has 1 aromatic heterocycles. The van der Waals surface area contributed by atoms with Crippen molar-refractivity contribution in [2.24, 2.45) is 0 Å². The van der Waals surface area contributed by atoms with Crippen molar-refractivity contribution in [1.82, 2.24) is 4.98 Å². The van der Waals surface area contributed by atoms with Gasteiger partial charge in [-0.15, -0.1) is 0 Å². The molecule has 6 rings (SSSR count). The summed E-state index contributed by atoms with van der Waals surface area (Å²) in [6.45, 7) is 17.3. The van der Waals surface area contributed by atoms with Gasteiger partial charge in [-0.1, -0.05) is 84.0 Å². The fraction of sp³-hybridized carbons (Fsp3) is 0.267. The van der Waals surface area contributed by atoms with Gasteiger partial charge in [0.25, 0.3) is 0 Å². The molecule has 1 heterocycles. The minimum atomic E-state index is -0.471. The Labute approximate surface area is 305 Å². The van der Waals surface area contributed by atoms with E-state index in [0.717, 1.165) is 39.1 Å². The van der Waals surface area contributed by atoms with Gasteiger partial charge in [0.1, 0.15) is 5.75 Å². The van der Waals surface area contributed by atoms with E-state index in [4.69, 9.17) is 4.98 Å². The van der Waals surface area contributed by atoms with Crippen molar-refractivity contribution >= 4 is 22.3 Å². The van der Waals surface area contributed by atoms with Gasteiger partial charge in [-0.3, -0.25) is 0 Å². The van der Waals surface area contributed by atoms with E-state index in [1.807, 2.05) is 6.07 Å². The molecule has 0 amide bonds. The Morgan fingerprint density at radius 3 is 1.76 bits per heavy atom. The molecule has 0 fully saturated rings. The number of aryl methyl sites for hydroxylation is 2. The van der Waals surface area contributed by atoms with Gasteiger partial charge in [0.2, 0.25) is 0 Å². The Morgan fingerprint density at radius 1 is 0.633 bits per heavy atom. The summed E-state index contributed by atoms with van der Waals surface area (Å²) in [5.74, 6) is 0.313. The molecule has 3 nitrogen and oxygen atoms in total. The topological polar surface area (TPSA) is 45.1 Å². The van der Waals surface area contributed by atoms with Crippen molar-refractivity contribution in [2.45, 2.75) is 74.6 Å². The summed E-state index contributed by atoms with van der Waals surface area (Å²) in [6, 6.07) is 42.6. The number of aromatic hydroxyl groups is 1. The standard InChI is InChI=1S/C31H36N2O.2C7H7.Hf/c1-19-11-9-12-20(2)27(19)33-26-14-10-13-21-15-16-25(32-28(21)26)23-17-22(30(3,4)5)18-24(29(23)34)31(6,7)8;2*1-7-5-3-2-4-6-7;/h9-18,33-34H,1-8H3;2*2-6H,1H2;. The zero-order valence-corrected chi connectivity index (χ0v) is 33.9. The van der Waals surface area contributed by atoms with E-state index in [9.17, 15) is 5.11 Å². The van der Waals surface area contributed by atoms with Crippen LogP contribution in [0.4, 0.5) is 11.4 Å². The first kappa shape index (κ1) is 36.3. The number of pyridine rings is 1. The van der Waals surface area contributed by atoms with Gasteiger partial charge < -0.3 is 10.4 Å². The van der Waals surface area contributed by atoms with E-state index in [2.05, 4.69) is 176 Å². The van der Waals surface area contributed by atoms with E-state index in [1.165, 1.54) is 36.2 Å². The molecule has 4 heteroatoms. The number of fused-ring (bicyclic) bond motifs is 1. The molecule has 6 aromatic rings. The van der Waals surface area contributed by atoms with Crippen LogP contribution in [0.3, 0.4) is 0 Å². The Balaban J connectivity index is 0.000000259. The van der Waals surface area contributed by atoms with Gasteiger partial charge in [0, 0.05) is 22.2 Å². The van der Waals surface area contributed by atoms with Crippen molar-refractivity contribution in [2.75, 3.05) is 5.32 Å². The third kappa shape index (κ3) is 9.36. The second-order valence-corrected chi connectivity index (χ2v) is 19.3. The number of rotatable bonds is 7. The van der Waals surface area contributed by atoms with Gasteiger partial charge in [0.05, 0.1) is 16.9 Å². The van der Waals surface area contributed by atoms with Gasteiger partial charge in [-0.2, -0.15) is 0 Å². The SMILES string of the molecule is Cc1cccc(C)c1Nc1cccc2ccc(-c3cc(C(C)(C)C)cc(C(C)(C)C)c3O)nc12.c1ccc([CH2][Hf][CH2]c2ccccc2)cc1. The number of hydrogen-bond donors (Lipinski definition) is 2. The fourth-order valence-corrected chi connectivity index (χ4v) is 10.1. The molecular weight excluding hydrogens is 763 g/mol. The molecule has 5 aromatic carbocycles. The van der Waals surface area contributed by atoms with Crippen molar-refractivity contribution in [1.29, 1.82) is 0 Å². The quantitative estimate of drug-likeness (QED) is 0.158. The van der Waals surface area contributed by atoms with Gasteiger partial charge in [0.15, 0.2) is 0 Å². The van der Waals surface area contributed by atoms with Crippen LogP contribution in [0.25, 0.3) is 22.2 Å². The molecule has 0 radical (unpaired) electrons. The van der Waals surface area contributed by atoms with Crippen LogP contribution < -0.4 is 5.32 Å². The Morgan fingerprint density at radius 2 is 1.20 bits per heavy atom. The van der Waals surface area contributed by atoms with E-state index < -0.39 is 22.9 Å². The van der Waals surface area contributed by atoms with Crippen LogP contribution in [-0.2, 0) is 42.1 Å². The first-order valence-corrected chi connectivity index (χ1v) is 22.3. The molecule has 0 unspecified atom stereocenters. The number of nitrogens with zero attached hydrogens (tertiary/aromatic N) is 1. The van der Waals surface area contributed by atoms with Crippen molar-refractivity contribution in [3.63, 3.8) is 0 Å². The number of hydrogen-bond acceptors (Lipinski definition) is 3. The van der Waals surface area contributed by atoms with Crippen LogP contribution in [0.1, 0.15) is 74.9 Å². The molecule has 0 bridgehead atoms. The number of phenols is 1. The fourth-order valence-electron chi connectivity index (χ4n) is 5.92. The molecular formula is C45H50HfN2O. The van der Waals surface area contributed by atoms with Crippen molar-refractivity contribution in [3.8, 4) is 17.0 Å². The molecule has 0 atom stereocenters. The summed E-state index contributed by atoms with van der Waals surface area (Å²) in [5.41, 5.74) is 11.8. The van der Waals surface area contributed by atoms with Crippen LogP contribution in [0.15, 0.2) is 121 Å². The molecule has 49 heavy (non-hydrogen) atoms. The average molecular weight is 813 g/mol. The molecule has 0 aliphatic heterocycles. The number of nitrogens with one attached hydrogen (secondary N) is 1. The molecule has 0 saturated carbocycles. The van der Waals surface area contributed by atoms with Crippen LogP contribution >= 0.6 is 0 Å². The molecule has 0 saturated heterocycles. The molecule has 0 spiro atoms. The van der Waals surface area contributed by atoms with Crippen molar-refractivity contribution < 1.29 is 28.0 Å². The maximum atomic E-state index is 11.4. The summed E-state index contributed by atoms with van der Waals surface area (Å²) in [7, 11) is 0. The Hall–Kier alpha value is -4.02. The van der Waals surface area contributed by atoms with E-state index in [0.29, 0.717) is 5.75 Å². The van der Waals surface area contributed by atoms with Gasteiger partial charge in [-0.05, 0) is 59.6 Å². The summed E-state index contributed by atoms with van der Waals surface area (Å²) < 4.78 is 2.74. The third-order valence-corrected chi connectivity index (χ3v) is 13.6. The van der Waals surface area contributed by atoms with E-state index in [1.54, 1.807) is 0 Å². The predicted octanol–water partition coefficient (Wildman–Crippen LogP) is 12.0. The monoisotopic (exact) mass is 814 g/mol. The normalized spacial score (nSPS) is 11.5. The molecule has 250 valence electrons. The van der Waals surface area contributed by atoms with Crippen LogP contribution in [0, 0.1) is 13.8 Å². The first-order valence-electron chi connectivity index (χ1n) is 17.2. The molecule has 0 aliphatic carbocycles. The summed E-state index contributed by atoms with van der Waals surface area (Å²) in [5, 5.41) is 16.0. The van der Waals surface area contributed by atoms with Crippen LogP contribution in [0.2, 0.25) is 0 Å². The summed E-state index contributed by atoms with van der Waals surface area (Å²) in [6.07, 6.45) is 0. The molecule has 0 aliphatic rings. The van der Waals surface area contributed by atoms with Gasteiger partial charge >= 0.3 is 103 Å². The van der Waals surface area contributed by atoms with Gasteiger partial charge in [-0.25, -0.2) is 4.98 Å². The number of aromatic nitrogens is 1. The number of para-hydroxylation sites is 2. The second-order valence-electron chi connectivity index (χ2n) is 15.0. The second kappa shape index (κ2) is 15.7. The zero-order valence-electron chi connectivity index (χ0n) is 30.4.